The molecule has 3 unspecified atom stereocenters. The van der Waals surface area contributed by atoms with E-state index in [4.69, 9.17) is 9.05 Å². The van der Waals surface area contributed by atoms with Crippen molar-refractivity contribution in [2.75, 3.05) is 39.4 Å². The van der Waals surface area contributed by atoms with Crippen molar-refractivity contribution in [1.82, 2.24) is 9.99 Å². The number of rotatable bonds is 28. The third kappa shape index (κ3) is 21.8. The first-order valence-corrected chi connectivity index (χ1v) is 19.4. The van der Waals surface area contributed by atoms with E-state index in [1.807, 2.05) is 6.92 Å². The van der Waals surface area contributed by atoms with Gasteiger partial charge in [0.05, 0.1) is 13.2 Å². The predicted molar refractivity (Wildman–Crippen MR) is 182 cm³/mol. The van der Waals surface area contributed by atoms with Crippen LogP contribution in [0.2, 0.25) is 0 Å². The maximum absolute atomic E-state index is 14.1. The first-order valence-electron chi connectivity index (χ1n) is 17.9. The second kappa shape index (κ2) is 27.7. The summed E-state index contributed by atoms with van der Waals surface area (Å²) in [6.45, 7) is 13.1. The van der Waals surface area contributed by atoms with Gasteiger partial charge in [0, 0.05) is 19.0 Å². The number of nitrogens with zero attached hydrogens (tertiary/aromatic N) is 1. The predicted octanol–water partition coefficient (Wildman–Crippen LogP) is 10.2. The zero-order valence-electron chi connectivity index (χ0n) is 28.2. The van der Waals surface area contributed by atoms with Crippen LogP contribution in [0.3, 0.4) is 0 Å². The van der Waals surface area contributed by atoms with Gasteiger partial charge in [0.15, 0.2) is 0 Å². The minimum atomic E-state index is -3.45. The second-order valence-electron chi connectivity index (χ2n) is 12.4. The highest BCUT2D eigenvalue weighted by Gasteiger charge is 2.28. The number of unbranched alkanes of at least 4 members (excludes halogenated alkanes) is 12. The summed E-state index contributed by atoms with van der Waals surface area (Å²) in [5.41, 5.74) is 0. The molecule has 42 heavy (non-hydrogen) atoms. The standard InChI is InChI=1S/C36H67N2O3P/c1-5-9-13-15-17-21-27-35(25-19-11-7-3)33-40-42(39,37-29-32-38-30-23-24-31-38)41-34-36(26-20-12-8-4)28-22-18-16-14-10-6-2/h35-36H,5-7,9-11,13-19,21-25,27-34H2,1-4H3,(H,37,39). The van der Waals surface area contributed by atoms with Crippen LogP contribution in [0, 0.1) is 35.5 Å². The SMILES string of the molecule is CC#CC#CC(CCCCCCCC)COP(=O)(NCCN1CCCC1)OCC(CCCCC)CCCCCCCC. The summed E-state index contributed by atoms with van der Waals surface area (Å²) in [5.74, 6) is 12.4. The lowest BCUT2D eigenvalue weighted by molar-refractivity contribution is 0.151. The third-order valence-corrected chi connectivity index (χ3v) is 10.00. The first-order chi connectivity index (χ1) is 20.6. The van der Waals surface area contributed by atoms with Crippen molar-refractivity contribution in [1.29, 1.82) is 0 Å². The number of hydrogen-bond donors (Lipinski definition) is 1. The van der Waals surface area contributed by atoms with Gasteiger partial charge < -0.3 is 4.90 Å². The van der Waals surface area contributed by atoms with Crippen LogP contribution in [0.1, 0.15) is 156 Å². The molecule has 1 N–H and O–H groups in total. The zero-order chi connectivity index (χ0) is 30.6. The summed E-state index contributed by atoms with van der Waals surface area (Å²) in [6.07, 6.45) is 24.6. The zero-order valence-corrected chi connectivity index (χ0v) is 29.1. The lowest BCUT2D eigenvalue weighted by Crippen LogP contribution is -2.30. The topological polar surface area (TPSA) is 50.8 Å². The van der Waals surface area contributed by atoms with Crippen LogP contribution >= 0.6 is 7.75 Å². The summed E-state index contributed by atoms with van der Waals surface area (Å²) in [4.78, 5) is 2.43. The van der Waals surface area contributed by atoms with Crippen molar-refractivity contribution < 1.29 is 13.6 Å². The van der Waals surface area contributed by atoms with Crippen molar-refractivity contribution in [2.24, 2.45) is 11.8 Å². The molecule has 1 heterocycles. The molecule has 0 saturated carbocycles. The van der Waals surface area contributed by atoms with Crippen molar-refractivity contribution in [2.45, 2.75) is 156 Å². The molecule has 0 aliphatic carbocycles. The number of hydrogen-bond acceptors (Lipinski definition) is 4. The van der Waals surface area contributed by atoms with Crippen LogP contribution in [0.25, 0.3) is 0 Å². The van der Waals surface area contributed by atoms with E-state index >= 15 is 0 Å². The van der Waals surface area contributed by atoms with Gasteiger partial charge in [-0.15, -0.1) is 0 Å². The van der Waals surface area contributed by atoms with Gasteiger partial charge in [0.25, 0.3) is 0 Å². The summed E-state index contributed by atoms with van der Waals surface area (Å²) >= 11 is 0. The number of nitrogens with one attached hydrogen (secondary N) is 1. The Hall–Kier alpha value is -0.810. The molecule has 244 valence electrons. The van der Waals surface area contributed by atoms with Gasteiger partial charge in [-0.2, -0.15) is 0 Å². The van der Waals surface area contributed by atoms with Crippen molar-refractivity contribution >= 4 is 7.75 Å². The van der Waals surface area contributed by atoms with Gasteiger partial charge in [0.2, 0.25) is 0 Å². The molecule has 0 aromatic heterocycles. The molecule has 0 bridgehead atoms. The average Bonchev–Trinajstić information content (AvgIpc) is 3.51. The number of likely N-dealkylation sites (tertiary alicyclic amines) is 1. The van der Waals surface area contributed by atoms with E-state index in [0.717, 1.165) is 45.3 Å². The van der Waals surface area contributed by atoms with Crippen LogP contribution < -0.4 is 5.09 Å². The average molecular weight is 607 g/mol. The smallest absolute Gasteiger partial charge is 0.302 e. The van der Waals surface area contributed by atoms with E-state index in [1.54, 1.807) is 0 Å². The molecular formula is C36H67N2O3P. The van der Waals surface area contributed by atoms with E-state index in [9.17, 15) is 4.57 Å². The summed E-state index contributed by atoms with van der Waals surface area (Å²) < 4.78 is 26.5. The molecule has 6 heteroatoms. The monoisotopic (exact) mass is 606 g/mol. The molecule has 1 saturated heterocycles. The molecule has 0 spiro atoms. The Labute approximate surface area is 262 Å². The van der Waals surface area contributed by atoms with E-state index in [0.29, 0.717) is 25.7 Å². The quantitative estimate of drug-likeness (QED) is 0.0546. The Balaban J connectivity index is 2.78. The van der Waals surface area contributed by atoms with Crippen LogP contribution in [0.15, 0.2) is 0 Å². The Morgan fingerprint density at radius 3 is 1.86 bits per heavy atom. The summed E-state index contributed by atoms with van der Waals surface area (Å²) in [7, 11) is -3.45. The highest BCUT2D eigenvalue weighted by atomic mass is 31.2. The first kappa shape index (κ1) is 39.2. The van der Waals surface area contributed by atoms with Gasteiger partial charge >= 0.3 is 7.75 Å². The second-order valence-corrected chi connectivity index (χ2v) is 14.2. The fraction of sp³-hybridized carbons (Fsp3) is 0.889. The molecule has 0 radical (unpaired) electrons. The van der Waals surface area contributed by atoms with E-state index in [1.165, 1.54) is 103 Å². The molecular weight excluding hydrogens is 539 g/mol. The molecule has 0 aromatic rings. The van der Waals surface area contributed by atoms with Crippen LogP contribution in [-0.4, -0.2) is 44.3 Å². The van der Waals surface area contributed by atoms with Gasteiger partial charge in [-0.1, -0.05) is 129 Å². The third-order valence-electron chi connectivity index (χ3n) is 8.41. The van der Waals surface area contributed by atoms with Crippen molar-refractivity contribution in [3.05, 3.63) is 0 Å². The Kier molecular flexibility index (Phi) is 25.9. The highest BCUT2D eigenvalue weighted by Crippen LogP contribution is 2.45. The van der Waals surface area contributed by atoms with Gasteiger partial charge in [-0.05, 0) is 69.9 Å². The molecule has 1 aliphatic rings. The molecule has 1 aliphatic heterocycles. The molecule has 0 aromatic carbocycles. The van der Waals surface area contributed by atoms with Gasteiger partial charge in [0.1, 0.15) is 0 Å². The van der Waals surface area contributed by atoms with Crippen LogP contribution in [0.5, 0.6) is 0 Å². The summed E-state index contributed by atoms with van der Waals surface area (Å²) in [6, 6.07) is 0. The van der Waals surface area contributed by atoms with E-state index in [2.05, 4.69) is 54.4 Å². The minimum absolute atomic E-state index is 0.0119. The Morgan fingerprint density at radius 2 is 1.24 bits per heavy atom. The largest absolute Gasteiger partial charge is 0.405 e. The van der Waals surface area contributed by atoms with Gasteiger partial charge in [-0.25, -0.2) is 9.65 Å². The van der Waals surface area contributed by atoms with E-state index in [-0.39, 0.29) is 5.92 Å². The molecule has 0 amide bonds. The summed E-state index contributed by atoms with van der Waals surface area (Å²) in [5, 5.41) is 3.24. The maximum atomic E-state index is 14.1. The molecule has 3 atom stereocenters. The van der Waals surface area contributed by atoms with Crippen molar-refractivity contribution in [3.63, 3.8) is 0 Å². The Morgan fingerprint density at radius 1 is 0.714 bits per heavy atom. The molecule has 5 nitrogen and oxygen atoms in total. The normalized spacial score (nSPS) is 16.3. The lowest BCUT2D eigenvalue weighted by atomic mass is 9.95. The van der Waals surface area contributed by atoms with Crippen molar-refractivity contribution in [3.8, 4) is 23.7 Å². The van der Waals surface area contributed by atoms with Crippen LogP contribution in [0.4, 0.5) is 0 Å². The maximum Gasteiger partial charge on any atom is 0.405 e. The highest BCUT2D eigenvalue weighted by molar-refractivity contribution is 7.51. The fourth-order valence-corrected chi connectivity index (χ4v) is 7.06. The lowest BCUT2D eigenvalue weighted by Gasteiger charge is -2.25. The molecule has 1 rings (SSSR count). The van der Waals surface area contributed by atoms with E-state index < -0.39 is 7.75 Å². The fourth-order valence-electron chi connectivity index (χ4n) is 5.65. The molecule has 1 fully saturated rings. The minimum Gasteiger partial charge on any atom is -0.302 e. The Bertz CT molecular complexity index is 791. The van der Waals surface area contributed by atoms with Gasteiger partial charge in [-0.3, -0.25) is 9.05 Å². The van der Waals surface area contributed by atoms with Crippen LogP contribution in [-0.2, 0) is 13.6 Å².